The molecule has 26 heavy (non-hydrogen) atoms. The minimum absolute atomic E-state index is 0.444. The van der Waals surface area contributed by atoms with Crippen LogP contribution in [0.2, 0.25) is 36.3 Å². The summed E-state index contributed by atoms with van der Waals surface area (Å²) in [6, 6.07) is 0. The zero-order valence-corrected chi connectivity index (χ0v) is 20.0. The van der Waals surface area contributed by atoms with E-state index in [0.29, 0.717) is 0 Å². The van der Waals surface area contributed by atoms with Crippen molar-refractivity contribution in [2.45, 2.75) is 113 Å². The Morgan fingerprint density at radius 1 is 0.615 bits per heavy atom. The third-order valence-corrected chi connectivity index (χ3v) is 20.8. The first-order chi connectivity index (χ1) is 11.1. The van der Waals surface area contributed by atoms with E-state index in [1.807, 2.05) is 67.7 Å². The smallest absolute Gasteiger partial charge is 0.111 e. The molecule has 0 heterocycles. The lowest BCUT2D eigenvalue weighted by Gasteiger charge is -2.65. The van der Waals surface area contributed by atoms with E-state index in [1.165, 1.54) is 0 Å². The first kappa shape index (κ1) is 24.2. The number of hydrogen-bond donors (Lipinski definition) is 6. The second-order valence-electron chi connectivity index (χ2n) is 11.2. The lowest BCUT2D eigenvalue weighted by molar-refractivity contribution is -0.262. The van der Waals surface area contributed by atoms with Crippen molar-refractivity contribution in [3.8, 4) is 0 Å². The molecule has 6 atom stereocenters. The molecule has 0 aliphatic heterocycles. The van der Waals surface area contributed by atoms with E-state index < -0.39 is 61.1 Å². The molecule has 6 nitrogen and oxygen atoms in total. The predicted octanol–water partition coefficient (Wildman–Crippen LogP) is 1.00. The highest BCUT2D eigenvalue weighted by Crippen LogP contribution is 2.55. The molecule has 0 radical (unpaired) electrons. The Labute approximate surface area is 159 Å². The normalized spacial score (nSPS) is 40.6. The van der Waals surface area contributed by atoms with Crippen molar-refractivity contribution >= 4 is 16.1 Å². The third-order valence-electron chi connectivity index (χ3n) is 8.13. The maximum absolute atomic E-state index is 11.7. The van der Waals surface area contributed by atoms with Gasteiger partial charge < -0.3 is 30.6 Å². The van der Waals surface area contributed by atoms with Crippen LogP contribution >= 0.6 is 0 Å². The fourth-order valence-corrected chi connectivity index (χ4v) is 10.2. The average molecular weight is 409 g/mol. The molecular formula is C18H40O6Si2. The van der Waals surface area contributed by atoms with Gasteiger partial charge in [0.2, 0.25) is 0 Å². The molecular weight excluding hydrogens is 368 g/mol. The lowest BCUT2D eigenvalue weighted by atomic mass is 9.83. The Bertz CT molecular complexity index is 493. The Morgan fingerprint density at radius 3 is 1.04 bits per heavy atom. The molecule has 1 rings (SSSR count). The van der Waals surface area contributed by atoms with Gasteiger partial charge in [-0.2, -0.15) is 0 Å². The van der Waals surface area contributed by atoms with Gasteiger partial charge >= 0.3 is 0 Å². The molecule has 0 aromatic rings. The van der Waals surface area contributed by atoms with Gasteiger partial charge in [0, 0.05) is 0 Å². The summed E-state index contributed by atoms with van der Waals surface area (Å²) in [5.74, 6) is 0. The number of aliphatic hydroxyl groups excluding tert-OH is 4. The second-order valence-corrected chi connectivity index (χ2v) is 22.3. The van der Waals surface area contributed by atoms with Crippen LogP contribution in [0.4, 0.5) is 0 Å². The Morgan fingerprint density at radius 2 is 0.846 bits per heavy atom. The van der Waals surface area contributed by atoms with Gasteiger partial charge in [0.1, 0.15) is 34.9 Å². The van der Waals surface area contributed by atoms with Crippen LogP contribution in [0.3, 0.4) is 0 Å². The van der Waals surface area contributed by atoms with E-state index in [4.69, 9.17) is 0 Å². The van der Waals surface area contributed by atoms with Crippen LogP contribution in [-0.2, 0) is 0 Å². The summed E-state index contributed by atoms with van der Waals surface area (Å²) >= 11 is 0. The first-order valence-corrected chi connectivity index (χ1v) is 15.3. The molecule has 1 aliphatic carbocycles. The Hall–Kier alpha value is 0.194. The molecule has 156 valence electrons. The largest absolute Gasteiger partial charge is 0.388 e. The molecule has 8 heteroatoms. The Kier molecular flexibility index (Phi) is 5.92. The molecule has 0 saturated heterocycles. The van der Waals surface area contributed by atoms with Crippen molar-refractivity contribution in [1.29, 1.82) is 0 Å². The molecule has 1 aliphatic rings. The summed E-state index contributed by atoms with van der Waals surface area (Å²) in [6.45, 7) is 18.8. The fraction of sp³-hybridized carbons (Fsp3) is 1.00. The van der Waals surface area contributed by atoms with Crippen molar-refractivity contribution in [3.05, 3.63) is 0 Å². The SMILES string of the molecule is CC(C)(C)[Si](C)(C)[C@@]1(O)[C@@H](O)[C@](O)([Si](C)(C)C(C)(C)C)[C@@H](O)[C@H](O)[C@H]1O. The van der Waals surface area contributed by atoms with Gasteiger partial charge in [-0.15, -0.1) is 0 Å². The van der Waals surface area contributed by atoms with Gasteiger partial charge in [0.15, 0.2) is 0 Å². The quantitative estimate of drug-likeness (QED) is 0.379. The van der Waals surface area contributed by atoms with Gasteiger partial charge in [-0.25, -0.2) is 0 Å². The highest BCUT2D eigenvalue weighted by molar-refractivity contribution is 6.85. The minimum Gasteiger partial charge on any atom is -0.388 e. The standard InChI is InChI=1S/C18H40O6Si2/c1-15(2,3)25(7,8)17(23)12(20)11(19)13(21)18(24,14(17)22)26(9,10)16(4,5)6/h11-14,19-24H,1-10H3/t11-,12-,13+,14-,17-,18-/m1/s1. The van der Waals surface area contributed by atoms with Crippen LogP contribution in [0.25, 0.3) is 0 Å². The zero-order chi connectivity index (χ0) is 21.3. The molecule has 0 aromatic carbocycles. The third kappa shape index (κ3) is 2.80. The first-order valence-electron chi connectivity index (χ1n) is 9.30. The van der Waals surface area contributed by atoms with Crippen LogP contribution in [-0.4, -0.2) is 81.7 Å². The monoisotopic (exact) mass is 408 g/mol. The van der Waals surface area contributed by atoms with Crippen LogP contribution in [0, 0.1) is 0 Å². The zero-order valence-electron chi connectivity index (χ0n) is 18.0. The molecule has 0 unspecified atom stereocenters. The fourth-order valence-electron chi connectivity index (χ4n) is 3.98. The lowest BCUT2D eigenvalue weighted by Crippen LogP contribution is -2.88. The highest BCUT2D eigenvalue weighted by atomic mass is 28.3. The van der Waals surface area contributed by atoms with E-state index in [2.05, 4.69) is 0 Å². The van der Waals surface area contributed by atoms with Gasteiger partial charge in [0.05, 0.1) is 16.1 Å². The van der Waals surface area contributed by atoms with Gasteiger partial charge in [-0.3, -0.25) is 0 Å². The van der Waals surface area contributed by atoms with E-state index in [9.17, 15) is 30.6 Å². The van der Waals surface area contributed by atoms with Crippen LogP contribution in [0.1, 0.15) is 41.5 Å². The average Bonchev–Trinajstić information content (AvgIpc) is 2.46. The number of hydrogen-bond acceptors (Lipinski definition) is 6. The van der Waals surface area contributed by atoms with E-state index in [0.717, 1.165) is 0 Å². The van der Waals surface area contributed by atoms with Crippen molar-refractivity contribution < 1.29 is 30.6 Å². The summed E-state index contributed by atoms with van der Waals surface area (Å²) in [6.07, 6.45) is -7.03. The van der Waals surface area contributed by atoms with Crippen LogP contribution < -0.4 is 0 Å². The predicted molar refractivity (Wildman–Crippen MR) is 108 cm³/mol. The number of rotatable bonds is 2. The highest BCUT2D eigenvalue weighted by Gasteiger charge is 2.75. The van der Waals surface area contributed by atoms with Gasteiger partial charge in [0.25, 0.3) is 0 Å². The van der Waals surface area contributed by atoms with E-state index in [1.54, 1.807) is 0 Å². The molecule has 1 fully saturated rings. The van der Waals surface area contributed by atoms with Crippen molar-refractivity contribution in [2.75, 3.05) is 0 Å². The maximum Gasteiger partial charge on any atom is 0.111 e. The molecule has 0 aromatic heterocycles. The van der Waals surface area contributed by atoms with Crippen LogP contribution in [0.15, 0.2) is 0 Å². The van der Waals surface area contributed by atoms with Gasteiger partial charge in [-0.1, -0.05) is 67.7 Å². The minimum atomic E-state index is -2.91. The summed E-state index contributed by atoms with van der Waals surface area (Å²) in [5, 5.41) is 61.7. The molecule has 0 amide bonds. The molecule has 6 N–H and O–H groups in total. The van der Waals surface area contributed by atoms with Crippen molar-refractivity contribution in [2.24, 2.45) is 0 Å². The van der Waals surface area contributed by atoms with E-state index in [-0.39, 0.29) is 0 Å². The second kappa shape index (κ2) is 6.35. The summed E-state index contributed by atoms with van der Waals surface area (Å²) < 4.78 is 0. The molecule has 0 bridgehead atoms. The van der Waals surface area contributed by atoms with Gasteiger partial charge in [-0.05, 0) is 10.1 Å². The summed E-state index contributed by atoms with van der Waals surface area (Å²) in [7, 11) is -5.81. The number of aliphatic hydroxyl groups is 6. The maximum atomic E-state index is 11.7. The van der Waals surface area contributed by atoms with Crippen LogP contribution in [0.5, 0.6) is 0 Å². The molecule has 1 saturated carbocycles. The van der Waals surface area contributed by atoms with Crippen molar-refractivity contribution in [1.82, 2.24) is 0 Å². The van der Waals surface area contributed by atoms with E-state index >= 15 is 0 Å². The summed E-state index contributed by atoms with van der Waals surface area (Å²) in [5.41, 5.74) is 0. The Balaban J connectivity index is 3.80. The topological polar surface area (TPSA) is 121 Å². The summed E-state index contributed by atoms with van der Waals surface area (Å²) in [4.78, 5) is 0. The molecule has 0 spiro atoms. The van der Waals surface area contributed by atoms with Crippen molar-refractivity contribution in [3.63, 3.8) is 0 Å².